The zero-order valence-electron chi connectivity index (χ0n) is 16.3. The molecule has 0 radical (unpaired) electrons. The van der Waals surface area contributed by atoms with Gasteiger partial charge in [0.15, 0.2) is 6.79 Å². The molecule has 1 fully saturated rings. The number of fused-ring (bicyclic) bond motifs is 1. The molecule has 2 aliphatic heterocycles. The summed E-state index contributed by atoms with van der Waals surface area (Å²) in [7, 11) is 0. The maximum absolute atomic E-state index is 13.9. The number of hydrogen-bond acceptors (Lipinski definition) is 4. The Balaban J connectivity index is 1.37. The number of hydrogen-bond donors (Lipinski definition) is 1. The first-order valence-corrected chi connectivity index (χ1v) is 10.7. The van der Waals surface area contributed by atoms with Crippen molar-refractivity contribution in [3.8, 4) is 5.75 Å². The van der Waals surface area contributed by atoms with E-state index in [0.717, 1.165) is 10.9 Å². The lowest BCUT2D eigenvalue weighted by atomic mass is 10.1. The minimum atomic E-state index is -0.493. The van der Waals surface area contributed by atoms with E-state index >= 15 is 0 Å². The molecule has 0 spiro atoms. The molecular formula is C22H22BrFN2O4. The zero-order chi connectivity index (χ0) is 21.1. The fourth-order valence-electron chi connectivity index (χ4n) is 3.92. The molecule has 1 N–H and O–H groups in total. The van der Waals surface area contributed by atoms with Crippen LogP contribution in [-0.2, 0) is 22.6 Å². The maximum Gasteiger partial charge on any atom is 0.254 e. The van der Waals surface area contributed by atoms with Gasteiger partial charge in [-0.25, -0.2) is 4.39 Å². The van der Waals surface area contributed by atoms with Crippen LogP contribution < -0.4 is 10.1 Å². The summed E-state index contributed by atoms with van der Waals surface area (Å²) in [6.45, 7) is 1.32. The summed E-state index contributed by atoms with van der Waals surface area (Å²) >= 11 is 3.36. The van der Waals surface area contributed by atoms with E-state index < -0.39 is 6.04 Å². The number of carbonyl (C=O) groups is 2. The lowest BCUT2D eigenvalue weighted by Gasteiger charge is -2.24. The number of likely N-dealkylation sites (tertiary alicyclic amines) is 1. The summed E-state index contributed by atoms with van der Waals surface area (Å²) < 4.78 is 25.5. The highest BCUT2D eigenvalue weighted by Crippen LogP contribution is 2.29. The highest BCUT2D eigenvalue weighted by Gasteiger charge is 2.34. The van der Waals surface area contributed by atoms with E-state index in [0.29, 0.717) is 55.0 Å². The predicted molar refractivity (Wildman–Crippen MR) is 112 cm³/mol. The molecule has 4 rings (SSSR count). The van der Waals surface area contributed by atoms with Gasteiger partial charge >= 0.3 is 0 Å². The molecule has 0 aliphatic carbocycles. The molecular weight excluding hydrogens is 455 g/mol. The third-order valence-electron chi connectivity index (χ3n) is 5.35. The Morgan fingerprint density at radius 1 is 1.23 bits per heavy atom. The van der Waals surface area contributed by atoms with E-state index in [4.69, 9.17) is 9.47 Å². The largest absolute Gasteiger partial charge is 0.467 e. The Morgan fingerprint density at radius 3 is 2.83 bits per heavy atom. The van der Waals surface area contributed by atoms with Crippen LogP contribution in [0.4, 0.5) is 4.39 Å². The van der Waals surface area contributed by atoms with Crippen LogP contribution in [0, 0.1) is 5.82 Å². The summed E-state index contributed by atoms with van der Waals surface area (Å²) in [6, 6.07) is 9.45. The SMILES string of the molecule is O=C(NCCc1cc(F)cc2c1OCOC2)C1CCCN1C(=O)c1ccc(Br)cc1. The summed E-state index contributed by atoms with van der Waals surface area (Å²) in [5.74, 6) is -0.0590. The first kappa shape index (κ1) is 20.8. The van der Waals surface area contributed by atoms with Crippen LogP contribution in [0.1, 0.15) is 34.3 Å². The summed E-state index contributed by atoms with van der Waals surface area (Å²) in [5, 5.41) is 2.90. The Bertz CT molecular complexity index is 951. The van der Waals surface area contributed by atoms with Crippen molar-refractivity contribution >= 4 is 27.7 Å². The van der Waals surface area contributed by atoms with E-state index in [9.17, 15) is 14.0 Å². The minimum absolute atomic E-state index is 0.132. The molecule has 2 aromatic carbocycles. The molecule has 1 unspecified atom stereocenters. The van der Waals surface area contributed by atoms with E-state index in [1.165, 1.54) is 12.1 Å². The van der Waals surface area contributed by atoms with Crippen LogP contribution >= 0.6 is 15.9 Å². The molecule has 158 valence electrons. The second kappa shape index (κ2) is 9.14. The van der Waals surface area contributed by atoms with E-state index in [1.54, 1.807) is 17.0 Å². The minimum Gasteiger partial charge on any atom is -0.467 e. The smallest absolute Gasteiger partial charge is 0.254 e. The quantitative estimate of drug-likeness (QED) is 0.717. The zero-order valence-corrected chi connectivity index (χ0v) is 17.9. The molecule has 8 heteroatoms. The van der Waals surface area contributed by atoms with Crippen molar-refractivity contribution in [1.82, 2.24) is 10.2 Å². The van der Waals surface area contributed by atoms with Crippen LogP contribution in [0.25, 0.3) is 0 Å². The summed E-state index contributed by atoms with van der Waals surface area (Å²) in [4.78, 5) is 27.2. The van der Waals surface area contributed by atoms with Gasteiger partial charge in [-0.3, -0.25) is 9.59 Å². The number of ether oxygens (including phenoxy) is 2. The van der Waals surface area contributed by atoms with Crippen molar-refractivity contribution in [2.75, 3.05) is 19.9 Å². The van der Waals surface area contributed by atoms with Gasteiger partial charge in [0.2, 0.25) is 5.91 Å². The Kier molecular flexibility index (Phi) is 6.34. The van der Waals surface area contributed by atoms with Crippen LogP contribution in [0.5, 0.6) is 5.75 Å². The molecule has 0 saturated carbocycles. The first-order chi connectivity index (χ1) is 14.5. The normalized spacial score (nSPS) is 17.9. The van der Waals surface area contributed by atoms with E-state index in [2.05, 4.69) is 21.2 Å². The second-order valence-electron chi connectivity index (χ2n) is 7.37. The molecule has 2 aromatic rings. The van der Waals surface area contributed by atoms with Gasteiger partial charge in [-0.05, 0) is 61.2 Å². The fourth-order valence-corrected chi connectivity index (χ4v) is 4.19. The van der Waals surface area contributed by atoms with Crippen LogP contribution in [0.15, 0.2) is 40.9 Å². The number of amides is 2. The molecule has 1 atom stereocenters. The molecule has 0 aromatic heterocycles. The van der Waals surface area contributed by atoms with Gasteiger partial charge < -0.3 is 19.7 Å². The number of benzene rings is 2. The van der Waals surface area contributed by atoms with Crippen molar-refractivity contribution in [3.63, 3.8) is 0 Å². The van der Waals surface area contributed by atoms with Crippen molar-refractivity contribution in [2.24, 2.45) is 0 Å². The third-order valence-corrected chi connectivity index (χ3v) is 5.88. The molecule has 30 heavy (non-hydrogen) atoms. The van der Waals surface area contributed by atoms with Crippen LogP contribution in [0.2, 0.25) is 0 Å². The Morgan fingerprint density at radius 2 is 2.03 bits per heavy atom. The van der Waals surface area contributed by atoms with Gasteiger partial charge in [0.05, 0.1) is 6.61 Å². The van der Waals surface area contributed by atoms with Gasteiger partial charge in [0.1, 0.15) is 17.6 Å². The maximum atomic E-state index is 13.9. The fraction of sp³-hybridized carbons (Fsp3) is 0.364. The Labute approximate surface area is 182 Å². The van der Waals surface area contributed by atoms with Gasteiger partial charge in [0, 0.05) is 28.7 Å². The molecule has 2 aliphatic rings. The number of nitrogens with zero attached hydrogens (tertiary/aromatic N) is 1. The van der Waals surface area contributed by atoms with Crippen molar-refractivity contribution in [3.05, 3.63) is 63.4 Å². The molecule has 1 saturated heterocycles. The summed E-state index contributed by atoms with van der Waals surface area (Å²) in [6.07, 6.45) is 1.84. The highest BCUT2D eigenvalue weighted by atomic mass is 79.9. The standard InChI is InChI=1S/C22H22BrFN2O4/c23-17-5-3-14(4-6-17)22(28)26-9-1-2-19(26)21(27)25-8-7-15-10-18(24)11-16-12-29-13-30-20(15)16/h3-6,10-11,19H,1-2,7-9,12-13H2,(H,25,27). The molecule has 6 nitrogen and oxygen atoms in total. The first-order valence-electron chi connectivity index (χ1n) is 9.89. The van der Waals surface area contributed by atoms with Crippen molar-refractivity contribution < 1.29 is 23.5 Å². The molecule has 0 bridgehead atoms. The predicted octanol–water partition coefficient (Wildman–Crippen LogP) is 3.42. The third kappa shape index (κ3) is 4.49. The summed E-state index contributed by atoms with van der Waals surface area (Å²) in [5.41, 5.74) is 1.93. The Hall–Kier alpha value is -2.45. The van der Waals surface area contributed by atoms with Crippen LogP contribution in [0.3, 0.4) is 0 Å². The van der Waals surface area contributed by atoms with Crippen molar-refractivity contribution in [1.29, 1.82) is 0 Å². The number of rotatable bonds is 5. The van der Waals surface area contributed by atoms with E-state index in [1.807, 2.05) is 12.1 Å². The lowest BCUT2D eigenvalue weighted by Crippen LogP contribution is -2.46. The number of halogens is 2. The average molecular weight is 477 g/mol. The monoisotopic (exact) mass is 476 g/mol. The lowest BCUT2D eigenvalue weighted by molar-refractivity contribution is -0.124. The highest BCUT2D eigenvalue weighted by molar-refractivity contribution is 9.10. The van der Waals surface area contributed by atoms with Crippen molar-refractivity contribution in [2.45, 2.75) is 31.9 Å². The van der Waals surface area contributed by atoms with E-state index in [-0.39, 0.29) is 24.4 Å². The van der Waals surface area contributed by atoms with Gasteiger partial charge in [-0.1, -0.05) is 15.9 Å². The average Bonchev–Trinajstić information content (AvgIpc) is 3.23. The second-order valence-corrected chi connectivity index (χ2v) is 8.28. The molecule has 2 heterocycles. The van der Waals surface area contributed by atoms with Gasteiger partial charge in [0.25, 0.3) is 5.91 Å². The number of carbonyl (C=O) groups excluding carboxylic acids is 2. The van der Waals surface area contributed by atoms with Gasteiger partial charge in [-0.2, -0.15) is 0 Å². The van der Waals surface area contributed by atoms with Gasteiger partial charge in [-0.15, -0.1) is 0 Å². The number of nitrogens with one attached hydrogen (secondary N) is 1. The van der Waals surface area contributed by atoms with Crippen LogP contribution in [-0.4, -0.2) is 42.6 Å². The topological polar surface area (TPSA) is 67.9 Å². The molecule has 2 amide bonds.